The molecule has 0 amide bonds. The van der Waals surface area contributed by atoms with Gasteiger partial charge in [-0.15, -0.1) is 35.3 Å². The molecule has 0 bridgehead atoms. The average Bonchev–Trinajstić information content (AvgIpc) is 3.14. The summed E-state index contributed by atoms with van der Waals surface area (Å²) in [5.41, 5.74) is 2.44. The van der Waals surface area contributed by atoms with Gasteiger partial charge < -0.3 is 15.4 Å². The van der Waals surface area contributed by atoms with E-state index in [9.17, 15) is 0 Å². The second kappa shape index (κ2) is 11.6. The van der Waals surface area contributed by atoms with Gasteiger partial charge in [-0.3, -0.25) is 0 Å². The fourth-order valence-electron chi connectivity index (χ4n) is 2.48. The van der Waals surface area contributed by atoms with Crippen LogP contribution in [0.3, 0.4) is 0 Å². The third-order valence-corrected chi connectivity index (χ3v) is 5.22. The van der Waals surface area contributed by atoms with Crippen molar-refractivity contribution in [2.24, 2.45) is 4.99 Å². The summed E-state index contributed by atoms with van der Waals surface area (Å²) < 4.78 is 5.15. The molecule has 0 spiro atoms. The fraction of sp³-hybridized carbons (Fsp3) is 0.450. The summed E-state index contributed by atoms with van der Waals surface area (Å²) in [6.45, 7) is 9.58. The van der Waals surface area contributed by atoms with E-state index in [2.05, 4.69) is 73.2 Å². The van der Waals surface area contributed by atoms with Crippen LogP contribution in [0, 0.1) is 0 Å². The predicted molar refractivity (Wildman–Crippen MR) is 123 cm³/mol. The summed E-state index contributed by atoms with van der Waals surface area (Å²) in [5, 5.41) is 8.93. The maximum absolute atomic E-state index is 5.15. The van der Waals surface area contributed by atoms with Gasteiger partial charge in [0, 0.05) is 30.5 Å². The van der Waals surface area contributed by atoms with Crippen molar-refractivity contribution in [1.82, 2.24) is 10.6 Å². The number of hydrogen-bond donors (Lipinski definition) is 2. The first kappa shape index (κ1) is 22.9. The van der Waals surface area contributed by atoms with Gasteiger partial charge in [-0.05, 0) is 29.5 Å². The lowest BCUT2D eigenvalue weighted by Crippen LogP contribution is -2.43. The number of halogens is 1. The van der Waals surface area contributed by atoms with Crippen LogP contribution < -0.4 is 10.6 Å². The minimum atomic E-state index is 0. The van der Waals surface area contributed by atoms with E-state index >= 15 is 0 Å². The number of guanidine groups is 1. The Morgan fingerprint density at radius 1 is 1.12 bits per heavy atom. The molecule has 2 rings (SSSR count). The molecule has 0 aliphatic heterocycles. The van der Waals surface area contributed by atoms with Gasteiger partial charge in [-0.1, -0.05) is 44.2 Å². The SMILES string of the molecule is CCNC(=NCc1ccc(COC)cc1)NCC(C)(C)c1cccs1.I. The lowest BCUT2D eigenvalue weighted by atomic mass is 9.91. The first-order chi connectivity index (χ1) is 12.0. The first-order valence-corrected chi connectivity index (χ1v) is 9.56. The summed E-state index contributed by atoms with van der Waals surface area (Å²) in [7, 11) is 1.71. The normalized spacial score (nSPS) is 11.8. The number of thiophene rings is 1. The fourth-order valence-corrected chi connectivity index (χ4v) is 3.33. The van der Waals surface area contributed by atoms with Gasteiger partial charge in [0.2, 0.25) is 0 Å². The average molecular weight is 487 g/mol. The zero-order valence-electron chi connectivity index (χ0n) is 16.0. The molecule has 1 aromatic heterocycles. The van der Waals surface area contributed by atoms with Crippen LogP contribution in [0.5, 0.6) is 0 Å². The largest absolute Gasteiger partial charge is 0.380 e. The molecule has 2 aromatic rings. The number of aliphatic imine (C=N–C) groups is 1. The number of ether oxygens (including phenoxy) is 1. The van der Waals surface area contributed by atoms with Crippen LogP contribution in [0.4, 0.5) is 0 Å². The number of nitrogens with one attached hydrogen (secondary N) is 2. The zero-order valence-corrected chi connectivity index (χ0v) is 19.2. The van der Waals surface area contributed by atoms with Crippen molar-refractivity contribution in [2.75, 3.05) is 20.2 Å². The molecular weight excluding hydrogens is 457 g/mol. The molecule has 0 radical (unpaired) electrons. The molecular formula is C20H30IN3OS. The third kappa shape index (κ3) is 7.25. The van der Waals surface area contributed by atoms with Gasteiger partial charge >= 0.3 is 0 Å². The van der Waals surface area contributed by atoms with Gasteiger partial charge in [0.05, 0.1) is 13.2 Å². The lowest BCUT2D eigenvalue weighted by Gasteiger charge is -2.25. The third-order valence-electron chi connectivity index (χ3n) is 3.98. The predicted octanol–water partition coefficient (Wildman–Crippen LogP) is 4.55. The van der Waals surface area contributed by atoms with Crippen molar-refractivity contribution in [3.05, 3.63) is 57.8 Å². The minimum absolute atomic E-state index is 0. The number of hydrogen-bond acceptors (Lipinski definition) is 3. The summed E-state index contributed by atoms with van der Waals surface area (Å²) in [6, 6.07) is 12.7. The van der Waals surface area contributed by atoms with Gasteiger partial charge in [-0.2, -0.15) is 0 Å². The lowest BCUT2D eigenvalue weighted by molar-refractivity contribution is 0.185. The highest BCUT2D eigenvalue weighted by Crippen LogP contribution is 2.26. The van der Waals surface area contributed by atoms with Crippen molar-refractivity contribution < 1.29 is 4.74 Å². The summed E-state index contributed by atoms with van der Waals surface area (Å²) in [4.78, 5) is 6.09. The Morgan fingerprint density at radius 2 is 1.81 bits per heavy atom. The second-order valence-corrected chi connectivity index (χ2v) is 7.61. The molecule has 144 valence electrons. The van der Waals surface area contributed by atoms with Crippen molar-refractivity contribution in [3.8, 4) is 0 Å². The van der Waals surface area contributed by atoms with E-state index in [-0.39, 0.29) is 29.4 Å². The molecule has 1 heterocycles. The Labute approximate surface area is 178 Å². The van der Waals surface area contributed by atoms with E-state index in [0.29, 0.717) is 13.2 Å². The van der Waals surface area contributed by atoms with Crippen LogP contribution in [0.1, 0.15) is 36.8 Å². The molecule has 0 atom stereocenters. The Kier molecular flexibility index (Phi) is 10.2. The van der Waals surface area contributed by atoms with Gasteiger partial charge in [0.25, 0.3) is 0 Å². The van der Waals surface area contributed by atoms with Gasteiger partial charge in [0.15, 0.2) is 5.96 Å². The first-order valence-electron chi connectivity index (χ1n) is 8.68. The van der Waals surface area contributed by atoms with E-state index in [0.717, 1.165) is 19.0 Å². The van der Waals surface area contributed by atoms with Gasteiger partial charge in [-0.25, -0.2) is 4.99 Å². The monoisotopic (exact) mass is 487 g/mol. The van der Waals surface area contributed by atoms with E-state index in [1.807, 2.05) is 0 Å². The van der Waals surface area contributed by atoms with Crippen molar-refractivity contribution in [2.45, 2.75) is 39.3 Å². The maximum atomic E-state index is 5.15. The Bertz CT molecular complexity index is 654. The molecule has 0 saturated carbocycles. The summed E-state index contributed by atoms with van der Waals surface area (Å²) >= 11 is 1.80. The number of rotatable bonds is 8. The van der Waals surface area contributed by atoms with E-state index in [1.54, 1.807) is 18.4 Å². The number of methoxy groups -OCH3 is 1. The molecule has 2 N–H and O–H groups in total. The van der Waals surface area contributed by atoms with Crippen LogP contribution in [0.25, 0.3) is 0 Å². The zero-order chi connectivity index (χ0) is 18.1. The quantitative estimate of drug-likeness (QED) is 0.327. The maximum Gasteiger partial charge on any atom is 0.191 e. The van der Waals surface area contributed by atoms with Crippen molar-refractivity contribution in [1.29, 1.82) is 0 Å². The van der Waals surface area contributed by atoms with Crippen LogP contribution in [-0.4, -0.2) is 26.2 Å². The van der Waals surface area contributed by atoms with Gasteiger partial charge in [0.1, 0.15) is 0 Å². The molecule has 4 nitrogen and oxygen atoms in total. The molecule has 1 aromatic carbocycles. The molecule has 26 heavy (non-hydrogen) atoms. The van der Waals surface area contributed by atoms with Crippen LogP contribution in [-0.2, 0) is 23.3 Å². The molecule has 0 saturated heterocycles. The Balaban J connectivity index is 0.00000338. The van der Waals surface area contributed by atoms with Crippen LogP contribution >= 0.6 is 35.3 Å². The molecule has 0 unspecified atom stereocenters. The molecule has 6 heteroatoms. The molecule has 0 fully saturated rings. The summed E-state index contributed by atoms with van der Waals surface area (Å²) in [6.07, 6.45) is 0. The number of nitrogens with zero attached hydrogens (tertiary/aromatic N) is 1. The van der Waals surface area contributed by atoms with Crippen LogP contribution in [0.2, 0.25) is 0 Å². The highest BCUT2D eigenvalue weighted by molar-refractivity contribution is 14.0. The van der Waals surface area contributed by atoms with E-state index < -0.39 is 0 Å². The highest BCUT2D eigenvalue weighted by Gasteiger charge is 2.21. The molecule has 0 aliphatic rings. The van der Waals surface area contributed by atoms with E-state index in [4.69, 9.17) is 9.73 Å². The van der Waals surface area contributed by atoms with Crippen molar-refractivity contribution >= 4 is 41.3 Å². The minimum Gasteiger partial charge on any atom is -0.380 e. The van der Waals surface area contributed by atoms with Crippen molar-refractivity contribution in [3.63, 3.8) is 0 Å². The second-order valence-electron chi connectivity index (χ2n) is 6.66. The topological polar surface area (TPSA) is 45.7 Å². The number of benzene rings is 1. The van der Waals surface area contributed by atoms with Crippen LogP contribution in [0.15, 0.2) is 46.8 Å². The molecule has 0 aliphatic carbocycles. The van der Waals surface area contributed by atoms with E-state index in [1.165, 1.54) is 16.0 Å². The highest BCUT2D eigenvalue weighted by atomic mass is 127. The smallest absolute Gasteiger partial charge is 0.191 e. The Morgan fingerprint density at radius 3 is 2.38 bits per heavy atom. The Hall–Kier alpha value is -1.12. The summed E-state index contributed by atoms with van der Waals surface area (Å²) in [5.74, 6) is 0.855. The standard InChI is InChI=1S/C20H29N3OS.HI/c1-5-21-19(23-15-20(2,3)18-7-6-12-25-18)22-13-16-8-10-17(11-9-16)14-24-4;/h6-12H,5,13-15H2,1-4H3,(H2,21,22,23);1H.